The molecule has 3 rings (SSSR count). The molecule has 1 amide bonds. The maximum atomic E-state index is 12.9. The molecule has 0 atom stereocenters. The summed E-state index contributed by atoms with van der Waals surface area (Å²) in [5, 5.41) is 2.73. The van der Waals surface area contributed by atoms with Crippen molar-refractivity contribution in [3.63, 3.8) is 0 Å². The summed E-state index contributed by atoms with van der Waals surface area (Å²) in [6, 6.07) is 11.1. The summed E-state index contributed by atoms with van der Waals surface area (Å²) in [5.74, 6) is -0.615. The van der Waals surface area contributed by atoms with Gasteiger partial charge in [0, 0.05) is 5.92 Å². The quantitative estimate of drug-likeness (QED) is 0.883. The van der Waals surface area contributed by atoms with E-state index in [0.717, 1.165) is 25.0 Å². The van der Waals surface area contributed by atoms with E-state index in [4.69, 9.17) is 0 Å². The van der Waals surface area contributed by atoms with Gasteiger partial charge < -0.3 is 5.32 Å². The Morgan fingerprint density at radius 2 is 1.61 bits per heavy atom. The molecule has 2 N–H and O–H groups in total. The molecule has 0 heterocycles. The summed E-state index contributed by atoms with van der Waals surface area (Å²) in [5.41, 5.74) is 0.668. The lowest BCUT2D eigenvalue weighted by Gasteiger charge is -2.13. The molecule has 23 heavy (non-hydrogen) atoms. The average Bonchev–Trinajstić information content (AvgIpc) is 3.34. The van der Waals surface area contributed by atoms with E-state index in [2.05, 4.69) is 10.0 Å². The van der Waals surface area contributed by atoms with Gasteiger partial charge in [0.05, 0.1) is 16.3 Å². The normalized spacial score (nSPS) is 14.3. The predicted octanol–water partition coefficient (Wildman–Crippen LogP) is 2.98. The number of carbonyl (C=O) groups is 1. The zero-order chi connectivity index (χ0) is 16.4. The second-order valence-electron chi connectivity index (χ2n) is 5.37. The molecular weight excluding hydrogens is 319 g/mol. The third kappa shape index (κ3) is 3.68. The van der Waals surface area contributed by atoms with Gasteiger partial charge in [0.15, 0.2) is 0 Å². The van der Waals surface area contributed by atoms with Crippen molar-refractivity contribution in [2.24, 2.45) is 5.92 Å². The van der Waals surface area contributed by atoms with Crippen molar-refractivity contribution in [2.75, 3.05) is 10.0 Å². The molecular formula is C16H15FN2O3S. The van der Waals surface area contributed by atoms with Crippen LogP contribution in [0.25, 0.3) is 0 Å². The fourth-order valence-corrected chi connectivity index (χ4v) is 3.16. The van der Waals surface area contributed by atoms with Crippen molar-refractivity contribution in [1.29, 1.82) is 0 Å². The zero-order valence-corrected chi connectivity index (χ0v) is 12.9. The zero-order valence-electron chi connectivity index (χ0n) is 12.1. The molecule has 7 heteroatoms. The first-order valence-electron chi connectivity index (χ1n) is 7.14. The summed E-state index contributed by atoms with van der Waals surface area (Å²) in [7, 11) is -3.86. The van der Waals surface area contributed by atoms with Gasteiger partial charge in [-0.05, 0) is 49.2 Å². The molecule has 0 saturated heterocycles. The lowest BCUT2D eigenvalue weighted by molar-refractivity contribution is -0.117. The van der Waals surface area contributed by atoms with E-state index in [-0.39, 0.29) is 22.4 Å². The van der Waals surface area contributed by atoms with Gasteiger partial charge in [-0.25, -0.2) is 12.8 Å². The van der Waals surface area contributed by atoms with Crippen molar-refractivity contribution >= 4 is 27.3 Å². The first-order chi connectivity index (χ1) is 11.0. The van der Waals surface area contributed by atoms with Gasteiger partial charge in [-0.2, -0.15) is 0 Å². The van der Waals surface area contributed by atoms with Crippen LogP contribution in [0.1, 0.15) is 12.8 Å². The molecule has 0 aromatic heterocycles. The number of sulfonamides is 1. The van der Waals surface area contributed by atoms with Crippen LogP contribution in [-0.2, 0) is 14.8 Å². The number of amides is 1. The van der Waals surface area contributed by atoms with E-state index in [1.165, 1.54) is 12.1 Å². The molecule has 1 aliphatic carbocycles. The Labute approximate surface area is 133 Å². The Bertz CT molecular complexity index is 831. The van der Waals surface area contributed by atoms with Crippen molar-refractivity contribution in [1.82, 2.24) is 0 Å². The van der Waals surface area contributed by atoms with Crippen molar-refractivity contribution in [3.05, 3.63) is 54.3 Å². The number of rotatable bonds is 5. The molecule has 1 fully saturated rings. The highest BCUT2D eigenvalue weighted by molar-refractivity contribution is 7.92. The van der Waals surface area contributed by atoms with E-state index in [9.17, 15) is 17.6 Å². The standard InChI is InChI=1S/C16H15FN2O3S/c17-12-7-9-13(10-8-12)23(21,22)19-15-4-2-1-3-14(15)18-16(20)11-5-6-11/h1-4,7-11,19H,5-6H2,(H,18,20). The fraction of sp³-hybridized carbons (Fsp3) is 0.188. The predicted molar refractivity (Wildman–Crippen MR) is 85.0 cm³/mol. The van der Waals surface area contributed by atoms with Crippen molar-refractivity contribution in [2.45, 2.75) is 17.7 Å². The average molecular weight is 334 g/mol. The Balaban J connectivity index is 1.84. The first-order valence-corrected chi connectivity index (χ1v) is 8.62. The van der Waals surface area contributed by atoms with Gasteiger partial charge in [-0.1, -0.05) is 12.1 Å². The highest BCUT2D eigenvalue weighted by Crippen LogP contribution is 2.32. The third-order valence-corrected chi connectivity index (χ3v) is 4.88. The van der Waals surface area contributed by atoms with Crippen LogP contribution in [0.2, 0.25) is 0 Å². The Morgan fingerprint density at radius 1 is 1.00 bits per heavy atom. The lowest BCUT2D eigenvalue weighted by atomic mass is 10.2. The van der Waals surface area contributed by atoms with Crippen LogP contribution in [-0.4, -0.2) is 14.3 Å². The molecule has 2 aromatic rings. The first kappa shape index (κ1) is 15.5. The second kappa shape index (κ2) is 6.00. The number of halogens is 1. The number of para-hydroxylation sites is 2. The van der Waals surface area contributed by atoms with Crippen LogP contribution in [0.5, 0.6) is 0 Å². The van der Waals surface area contributed by atoms with Crippen molar-refractivity contribution < 1.29 is 17.6 Å². The van der Waals surface area contributed by atoms with Gasteiger partial charge in [0.25, 0.3) is 10.0 Å². The van der Waals surface area contributed by atoms with E-state index in [1.54, 1.807) is 24.3 Å². The number of benzene rings is 2. The Morgan fingerprint density at radius 3 is 2.22 bits per heavy atom. The number of nitrogens with one attached hydrogen (secondary N) is 2. The largest absolute Gasteiger partial charge is 0.324 e. The number of hydrogen-bond acceptors (Lipinski definition) is 3. The number of anilines is 2. The van der Waals surface area contributed by atoms with E-state index in [1.807, 2.05) is 0 Å². The molecule has 1 aliphatic rings. The van der Waals surface area contributed by atoms with Crippen LogP contribution in [0, 0.1) is 11.7 Å². The molecule has 1 saturated carbocycles. The fourth-order valence-electron chi connectivity index (χ4n) is 2.08. The minimum atomic E-state index is -3.86. The summed E-state index contributed by atoms with van der Waals surface area (Å²) in [6.07, 6.45) is 1.71. The summed E-state index contributed by atoms with van der Waals surface area (Å²) < 4.78 is 40.1. The topological polar surface area (TPSA) is 75.3 Å². The van der Waals surface area contributed by atoms with Crippen LogP contribution in [0.4, 0.5) is 15.8 Å². The van der Waals surface area contributed by atoms with Crippen LogP contribution < -0.4 is 10.0 Å². The molecule has 0 aliphatic heterocycles. The van der Waals surface area contributed by atoms with Gasteiger partial charge in [-0.3, -0.25) is 9.52 Å². The highest BCUT2D eigenvalue weighted by atomic mass is 32.2. The lowest BCUT2D eigenvalue weighted by Crippen LogP contribution is -2.17. The molecule has 0 unspecified atom stereocenters. The minimum Gasteiger partial charge on any atom is -0.324 e. The van der Waals surface area contributed by atoms with Crippen molar-refractivity contribution in [3.8, 4) is 0 Å². The van der Waals surface area contributed by atoms with E-state index >= 15 is 0 Å². The van der Waals surface area contributed by atoms with Gasteiger partial charge in [0.1, 0.15) is 5.82 Å². The molecule has 2 aromatic carbocycles. The van der Waals surface area contributed by atoms with E-state index in [0.29, 0.717) is 5.69 Å². The Kier molecular flexibility index (Phi) is 4.04. The van der Waals surface area contributed by atoms with Crippen LogP contribution >= 0.6 is 0 Å². The number of carbonyl (C=O) groups excluding carboxylic acids is 1. The molecule has 120 valence electrons. The van der Waals surface area contributed by atoms with Gasteiger partial charge in [0.2, 0.25) is 5.91 Å². The molecule has 0 spiro atoms. The smallest absolute Gasteiger partial charge is 0.261 e. The third-order valence-electron chi connectivity index (χ3n) is 3.50. The molecule has 0 bridgehead atoms. The Hall–Kier alpha value is -2.41. The maximum Gasteiger partial charge on any atom is 0.261 e. The SMILES string of the molecule is O=C(Nc1ccccc1NS(=O)(=O)c1ccc(F)cc1)C1CC1. The summed E-state index contributed by atoms with van der Waals surface area (Å²) in [6.45, 7) is 0. The van der Waals surface area contributed by atoms with E-state index < -0.39 is 15.8 Å². The second-order valence-corrected chi connectivity index (χ2v) is 7.05. The van der Waals surface area contributed by atoms with Gasteiger partial charge in [-0.15, -0.1) is 0 Å². The van der Waals surface area contributed by atoms with Gasteiger partial charge >= 0.3 is 0 Å². The maximum absolute atomic E-state index is 12.9. The minimum absolute atomic E-state index is 0.0109. The van der Waals surface area contributed by atoms with Crippen LogP contribution in [0.3, 0.4) is 0 Å². The highest BCUT2D eigenvalue weighted by Gasteiger charge is 2.30. The summed E-state index contributed by atoms with van der Waals surface area (Å²) >= 11 is 0. The van der Waals surface area contributed by atoms with Crippen LogP contribution in [0.15, 0.2) is 53.4 Å². The molecule has 5 nitrogen and oxygen atoms in total. The molecule has 0 radical (unpaired) electrons. The summed E-state index contributed by atoms with van der Waals surface area (Å²) in [4.78, 5) is 11.8. The monoisotopic (exact) mass is 334 g/mol. The number of hydrogen-bond donors (Lipinski definition) is 2.